The molecule has 1 rings (SSSR count). The predicted molar refractivity (Wildman–Crippen MR) is 50.2 cm³/mol. The Kier molecular flexibility index (Phi) is 2.23. The number of rotatable bonds is 0. The molecule has 0 saturated carbocycles. The van der Waals surface area contributed by atoms with Gasteiger partial charge in [-0.1, -0.05) is 23.8 Å². The maximum absolute atomic E-state index is 5.26. The van der Waals surface area contributed by atoms with E-state index in [1.807, 2.05) is 0 Å². The highest BCUT2D eigenvalue weighted by Gasteiger charge is 2.00. The summed E-state index contributed by atoms with van der Waals surface area (Å²) < 4.78 is 0. The average Bonchev–Trinajstić information content (AvgIpc) is 2.16. The summed E-state index contributed by atoms with van der Waals surface area (Å²) in [7, 11) is 0. The summed E-state index contributed by atoms with van der Waals surface area (Å²) >= 11 is 0. The van der Waals surface area contributed by atoms with Crippen LogP contribution >= 0.6 is 0 Å². The first kappa shape index (κ1) is 8.00. The standard InChI is InChI=1S/C12H6/c1-4-10-8-7-9-11(5-2)12(10)6-3/h1-3,7-9H. The maximum Gasteiger partial charge on any atom is 0.0555 e. The SMILES string of the molecule is C#Cc1cccc(C#C)c1C#C. The molecule has 0 radical (unpaired) electrons. The van der Waals surface area contributed by atoms with Crippen molar-refractivity contribution in [1.82, 2.24) is 0 Å². The summed E-state index contributed by atoms with van der Waals surface area (Å²) in [4.78, 5) is 0. The van der Waals surface area contributed by atoms with Crippen LogP contribution in [0, 0.1) is 37.0 Å². The second-order valence-corrected chi connectivity index (χ2v) is 2.16. The Morgan fingerprint density at radius 3 is 1.67 bits per heavy atom. The largest absolute Gasteiger partial charge is 0.115 e. The monoisotopic (exact) mass is 150 g/mol. The van der Waals surface area contributed by atoms with Crippen molar-refractivity contribution >= 4 is 0 Å². The van der Waals surface area contributed by atoms with Crippen LogP contribution in [0.25, 0.3) is 0 Å². The van der Waals surface area contributed by atoms with Gasteiger partial charge in [0.2, 0.25) is 0 Å². The van der Waals surface area contributed by atoms with Gasteiger partial charge in [0, 0.05) is 11.1 Å². The van der Waals surface area contributed by atoms with E-state index in [4.69, 9.17) is 19.3 Å². The van der Waals surface area contributed by atoms with Crippen LogP contribution < -0.4 is 0 Å². The molecule has 12 heavy (non-hydrogen) atoms. The van der Waals surface area contributed by atoms with Crippen LogP contribution in [-0.4, -0.2) is 0 Å². The first-order chi connectivity index (χ1) is 5.83. The van der Waals surface area contributed by atoms with E-state index in [0.717, 1.165) is 0 Å². The van der Waals surface area contributed by atoms with E-state index >= 15 is 0 Å². The molecule has 0 N–H and O–H groups in total. The molecule has 0 heterocycles. The fourth-order valence-corrected chi connectivity index (χ4v) is 0.948. The lowest BCUT2D eigenvalue weighted by Crippen LogP contribution is -1.87. The van der Waals surface area contributed by atoms with Gasteiger partial charge in [-0.15, -0.1) is 19.3 Å². The molecular weight excluding hydrogens is 144 g/mol. The highest BCUT2D eigenvalue weighted by atomic mass is 14.0. The number of hydrogen-bond donors (Lipinski definition) is 0. The van der Waals surface area contributed by atoms with Crippen LogP contribution in [-0.2, 0) is 0 Å². The van der Waals surface area contributed by atoms with E-state index in [1.165, 1.54) is 0 Å². The van der Waals surface area contributed by atoms with Crippen LogP contribution in [0.4, 0.5) is 0 Å². The van der Waals surface area contributed by atoms with Crippen molar-refractivity contribution in [3.63, 3.8) is 0 Å². The van der Waals surface area contributed by atoms with Gasteiger partial charge in [-0.25, -0.2) is 0 Å². The van der Waals surface area contributed by atoms with Crippen LogP contribution in [0.3, 0.4) is 0 Å². The van der Waals surface area contributed by atoms with E-state index in [1.54, 1.807) is 18.2 Å². The molecule has 0 spiro atoms. The molecule has 54 valence electrons. The molecule has 0 atom stereocenters. The minimum atomic E-state index is 0.627. The fraction of sp³-hybridized carbons (Fsp3) is 0. The van der Waals surface area contributed by atoms with Gasteiger partial charge in [-0.3, -0.25) is 0 Å². The molecule has 0 nitrogen and oxygen atoms in total. The van der Waals surface area contributed by atoms with E-state index in [0.29, 0.717) is 16.7 Å². The molecule has 0 aliphatic heterocycles. The van der Waals surface area contributed by atoms with Gasteiger partial charge in [0.05, 0.1) is 5.56 Å². The molecule has 1 aromatic carbocycles. The fourth-order valence-electron chi connectivity index (χ4n) is 0.948. The smallest absolute Gasteiger partial charge is 0.0555 e. The lowest BCUT2D eigenvalue weighted by molar-refractivity contribution is 1.55. The summed E-state index contributed by atoms with van der Waals surface area (Å²) in [5.74, 6) is 7.45. The maximum atomic E-state index is 5.26. The van der Waals surface area contributed by atoms with Crippen molar-refractivity contribution < 1.29 is 0 Å². The van der Waals surface area contributed by atoms with Crippen LogP contribution in [0.2, 0.25) is 0 Å². The quantitative estimate of drug-likeness (QED) is 0.493. The van der Waals surface area contributed by atoms with Crippen LogP contribution in [0.1, 0.15) is 16.7 Å². The van der Waals surface area contributed by atoms with E-state index in [2.05, 4.69) is 17.8 Å². The molecule has 0 aliphatic carbocycles. The Hall–Kier alpha value is -2.10. The average molecular weight is 150 g/mol. The predicted octanol–water partition coefficient (Wildman–Crippen LogP) is 1.63. The zero-order chi connectivity index (χ0) is 8.97. The van der Waals surface area contributed by atoms with Gasteiger partial charge in [0.1, 0.15) is 0 Å². The van der Waals surface area contributed by atoms with E-state index in [-0.39, 0.29) is 0 Å². The van der Waals surface area contributed by atoms with Crippen molar-refractivity contribution in [2.24, 2.45) is 0 Å². The van der Waals surface area contributed by atoms with Gasteiger partial charge in [0.15, 0.2) is 0 Å². The van der Waals surface area contributed by atoms with Crippen molar-refractivity contribution in [1.29, 1.82) is 0 Å². The van der Waals surface area contributed by atoms with Gasteiger partial charge >= 0.3 is 0 Å². The lowest BCUT2D eigenvalue weighted by Gasteiger charge is -1.98. The topological polar surface area (TPSA) is 0 Å². The molecule has 1 aromatic rings. The third-order valence-corrected chi connectivity index (χ3v) is 1.52. The Morgan fingerprint density at radius 2 is 1.33 bits per heavy atom. The van der Waals surface area contributed by atoms with Crippen molar-refractivity contribution in [2.45, 2.75) is 0 Å². The van der Waals surface area contributed by atoms with Crippen LogP contribution in [0.5, 0.6) is 0 Å². The molecular formula is C12H6. The number of hydrogen-bond acceptors (Lipinski definition) is 0. The molecule has 0 aromatic heterocycles. The zero-order valence-corrected chi connectivity index (χ0v) is 6.46. The van der Waals surface area contributed by atoms with Crippen LogP contribution in [0.15, 0.2) is 18.2 Å². The molecule has 0 saturated heterocycles. The lowest BCUT2D eigenvalue weighted by atomic mass is 10.0. The second kappa shape index (κ2) is 3.34. The van der Waals surface area contributed by atoms with Gasteiger partial charge in [-0.05, 0) is 12.1 Å². The molecule has 0 bridgehead atoms. The Labute approximate surface area is 72.6 Å². The van der Waals surface area contributed by atoms with E-state index < -0.39 is 0 Å². The third-order valence-electron chi connectivity index (χ3n) is 1.52. The summed E-state index contributed by atoms with van der Waals surface area (Å²) in [5, 5.41) is 0. The van der Waals surface area contributed by atoms with Crippen molar-refractivity contribution in [3.8, 4) is 37.0 Å². The molecule has 0 amide bonds. The van der Waals surface area contributed by atoms with Crippen molar-refractivity contribution in [2.75, 3.05) is 0 Å². The summed E-state index contributed by atoms with van der Waals surface area (Å²) in [6.07, 6.45) is 15.7. The second-order valence-electron chi connectivity index (χ2n) is 2.16. The third kappa shape index (κ3) is 1.17. The summed E-state index contributed by atoms with van der Waals surface area (Å²) in [6, 6.07) is 5.34. The first-order valence-electron chi connectivity index (χ1n) is 3.36. The summed E-state index contributed by atoms with van der Waals surface area (Å²) in [5.41, 5.74) is 1.98. The van der Waals surface area contributed by atoms with Gasteiger partial charge in [-0.2, -0.15) is 0 Å². The Morgan fingerprint density at radius 1 is 0.833 bits per heavy atom. The minimum Gasteiger partial charge on any atom is -0.115 e. The zero-order valence-electron chi connectivity index (χ0n) is 6.46. The van der Waals surface area contributed by atoms with Crippen molar-refractivity contribution in [3.05, 3.63) is 34.9 Å². The molecule has 0 unspecified atom stereocenters. The van der Waals surface area contributed by atoms with Gasteiger partial charge < -0.3 is 0 Å². The number of benzene rings is 1. The normalized spacial score (nSPS) is 7.75. The Bertz CT molecular complexity index is 385. The van der Waals surface area contributed by atoms with E-state index in [9.17, 15) is 0 Å². The first-order valence-corrected chi connectivity index (χ1v) is 3.36. The molecule has 0 heteroatoms. The molecule has 0 fully saturated rings. The Balaban J connectivity index is 3.51. The number of terminal acetylenes is 3. The van der Waals surface area contributed by atoms with Gasteiger partial charge in [0.25, 0.3) is 0 Å². The highest BCUT2D eigenvalue weighted by Crippen LogP contribution is 2.11. The summed E-state index contributed by atoms with van der Waals surface area (Å²) in [6.45, 7) is 0. The minimum absolute atomic E-state index is 0.627. The highest BCUT2D eigenvalue weighted by molar-refractivity contribution is 5.57. The molecule has 0 aliphatic rings.